The van der Waals surface area contributed by atoms with Gasteiger partial charge in [0, 0.05) is 17.9 Å². The molecule has 1 aromatic heterocycles. The van der Waals surface area contributed by atoms with Crippen LogP contribution in [-0.2, 0) is 6.54 Å². The van der Waals surface area contributed by atoms with Crippen molar-refractivity contribution in [3.63, 3.8) is 0 Å². The minimum atomic E-state index is -0.286. The van der Waals surface area contributed by atoms with Gasteiger partial charge >= 0.3 is 5.69 Å². The molecule has 4 nitrogen and oxygen atoms in total. The molecule has 0 saturated carbocycles. The standard InChI is InChI=1S/C7H8N2O2S/c1-4-5(10)8-7(11)9-2-3-12-6(4)9/h2-3H2,1H3,(H,8,10,11). The average molecular weight is 184 g/mol. The first-order chi connectivity index (χ1) is 5.70. The molecule has 1 N–H and O–H groups in total. The quantitative estimate of drug-likeness (QED) is 0.575. The highest BCUT2D eigenvalue weighted by atomic mass is 32.2. The summed E-state index contributed by atoms with van der Waals surface area (Å²) in [6.45, 7) is 2.44. The third-order valence-corrected chi connectivity index (χ3v) is 3.11. The Morgan fingerprint density at radius 3 is 3.00 bits per heavy atom. The molecule has 0 aromatic carbocycles. The highest BCUT2D eigenvalue weighted by Crippen LogP contribution is 2.24. The van der Waals surface area contributed by atoms with E-state index < -0.39 is 0 Å². The van der Waals surface area contributed by atoms with Crippen LogP contribution in [0.3, 0.4) is 0 Å². The van der Waals surface area contributed by atoms with Gasteiger partial charge in [0.15, 0.2) is 0 Å². The zero-order valence-corrected chi connectivity index (χ0v) is 7.40. The molecule has 0 atom stereocenters. The second-order valence-electron chi connectivity index (χ2n) is 2.69. The highest BCUT2D eigenvalue weighted by Gasteiger charge is 2.16. The molecule has 1 aliphatic heterocycles. The number of rotatable bonds is 0. The summed E-state index contributed by atoms with van der Waals surface area (Å²) in [5, 5.41) is 0.823. The largest absolute Gasteiger partial charge is 0.329 e. The fourth-order valence-corrected chi connectivity index (χ4v) is 2.38. The van der Waals surface area contributed by atoms with E-state index in [-0.39, 0.29) is 11.2 Å². The monoisotopic (exact) mass is 184 g/mol. The Hall–Kier alpha value is -0.970. The van der Waals surface area contributed by atoms with Crippen LogP contribution in [0.25, 0.3) is 0 Å². The van der Waals surface area contributed by atoms with E-state index in [1.807, 2.05) is 0 Å². The number of aromatic nitrogens is 2. The number of thioether (sulfide) groups is 1. The molecule has 1 aliphatic rings. The zero-order valence-electron chi connectivity index (χ0n) is 6.59. The van der Waals surface area contributed by atoms with Gasteiger partial charge in [0.25, 0.3) is 5.56 Å². The number of nitrogens with one attached hydrogen (secondary N) is 1. The van der Waals surface area contributed by atoms with Gasteiger partial charge in [-0.2, -0.15) is 0 Å². The number of hydrogen-bond acceptors (Lipinski definition) is 3. The number of H-pyrrole nitrogens is 1. The lowest BCUT2D eigenvalue weighted by atomic mass is 10.4. The van der Waals surface area contributed by atoms with Crippen LogP contribution in [0.15, 0.2) is 14.6 Å². The summed E-state index contributed by atoms with van der Waals surface area (Å²) in [4.78, 5) is 24.6. The summed E-state index contributed by atoms with van der Waals surface area (Å²) in [5.74, 6) is 0.882. The molecular formula is C7H8N2O2S. The second kappa shape index (κ2) is 2.52. The van der Waals surface area contributed by atoms with Gasteiger partial charge in [-0.3, -0.25) is 14.3 Å². The van der Waals surface area contributed by atoms with E-state index in [4.69, 9.17) is 0 Å². The smallest absolute Gasteiger partial charge is 0.287 e. The maximum absolute atomic E-state index is 11.2. The summed E-state index contributed by atoms with van der Waals surface area (Å²) >= 11 is 1.57. The van der Waals surface area contributed by atoms with E-state index in [0.717, 1.165) is 10.8 Å². The zero-order chi connectivity index (χ0) is 8.72. The Balaban J connectivity index is 2.87. The third kappa shape index (κ3) is 0.929. The summed E-state index contributed by atoms with van der Waals surface area (Å²) in [7, 11) is 0. The van der Waals surface area contributed by atoms with Crippen molar-refractivity contribution in [2.45, 2.75) is 18.5 Å². The normalized spacial score (nSPS) is 14.8. The molecule has 2 heterocycles. The Kier molecular flexibility index (Phi) is 1.61. The van der Waals surface area contributed by atoms with E-state index in [0.29, 0.717) is 12.1 Å². The molecule has 2 rings (SSSR count). The maximum atomic E-state index is 11.2. The molecule has 0 amide bonds. The van der Waals surface area contributed by atoms with Crippen molar-refractivity contribution in [2.75, 3.05) is 5.75 Å². The minimum absolute atomic E-state index is 0.263. The van der Waals surface area contributed by atoms with Crippen molar-refractivity contribution in [3.8, 4) is 0 Å². The van der Waals surface area contributed by atoms with E-state index in [1.54, 1.807) is 23.3 Å². The van der Waals surface area contributed by atoms with Gasteiger partial charge in [-0.05, 0) is 6.92 Å². The minimum Gasteiger partial charge on any atom is -0.287 e. The molecule has 0 saturated heterocycles. The number of fused-ring (bicyclic) bond motifs is 1. The second-order valence-corrected chi connectivity index (χ2v) is 3.77. The first-order valence-electron chi connectivity index (χ1n) is 3.66. The topological polar surface area (TPSA) is 54.9 Å². The summed E-state index contributed by atoms with van der Waals surface area (Å²) in [6, 6.07) is 0. The maximum Gasteiger partial charge on any atom is 0.329 e. The molecular weight excluding hydrogens is 176 g/mol. The Morgan fingerprint density at radius 1 is 1.50 bits per heavy atom. The molecule has 0 radical (unpaired) electrons. The van der Waals surface area contributed by atoms with E-state index >= 15 is 0 Å². The lowest BCUT2D eigenvalue weighted by molar-refractivity contribution is 0.649. The third-order valence-electron chi connectivity index (χ3n) is 1.93. The molecule has 64 valence electrons. The van der Waals surface area contributed by atoms with Crippen LogP contribution in [0, 0.1) is 6.92 Å². The van der Waals surface area contributed by atoms with Crippen LogP contribution in [0.2, 0.25) is 0 Å². The van der Waals surface area contributed by atoms with Crippen molar-refractivity contribution in [2.24, 2.45) is 0 Å². The fraction of sp³-hybridized carbons (Fsp3) is 0.429. The van der Waals surface area contributed by atoms with Crippen molar-refractivity contribution >= 4 is 11.8 Å². The lowest BCUT2D eigenvalue weighted by Gasteiger charge is -2.01. The predicted molar refractivity (Wildman–Crippen MR) is 46.8 cm³/mol. The molecule has 0 aliphatic carbocycles. The van der Waals surface area contributed by atoms with E-state index in [1.165, 1.54) is 0 Å². The van der Waals surface area contributed by atoms with Crippen molar-refractivity contribution in [1.82, 2.24) is 9.55 Å². The van der Waals surface area contributed by atoms with Crippen LogP contribution < -0.4 is 11.2 Å². The van der Waals surface area contributed by atoms with Gasteiger partial charge in [0.2, 0.25) is 0 Å². The Bertz CT molecular complexity index is 432. The summed E-state index contributed by atoms with van der Waals surface area (Å²) in [6.07, 6.45) is 0. The van der Waals surface area contributed by atoms with Gasteiger partial charge in [-0.15, -0.1) is 11.8 Å². The van der Waals surface area contributed by atoms with Gasteiger partial charge in [0.1, 0.15) is 0 Å². The first kappa shape index (κ1) is 7.67. The molecule has 12 heavy (non-hydrogen) atoms. The summed E-state index contributed by atoms with van der Waals surface area (Å²) < 4.78 is 1.61. The van der Waals surface area contributed by atoms with Gasteiger partial charge in [-0.1, -0.05) is 0 Å². The average Bonchev–Trinajstić information content (AvgIpc) is 2.48. The lowest BCUT2D eigenvalue weighted by Crippen LogP contribution is -2.31. The van der Waals surface area contributed by atoms with Crippen LogP contribution in [0.4, 0.5) is 0 Å². The first-order valence-corrected chi connectivity index (χ1v) is 4.65. The molecule has 0 fully saturated rings. The highest BCUT2D eigenvalue weighted by molar-refractivity contribution is 7.99. The van der Waals surface area contributed by atoms with Gasteiger partial charge in [-0.25, -0.2) is 4.79 Å². The molecule has 5 heteroatoms. The van der Waals surface area contributed by atoms with E-state index in [9.17, 15) is 9.59 Å². The fourth-order valence-electron chi connectivity index (χ4n) is 1.27. The number of hydrogen-bond donors (Lipinski definition) is 1. The van der Waals surface area contributed by atoms with Crippen molar-refractivity contribution in [3.05, 3.63) is 26.4 Å². The molecule has 0 unspecified atom stereocenters. The Labute approximate surface area is 72.6 Å². The van der Waals surface area contributed by atoms with Gasteiger partial charge in [0.05, 0.1) is 5.03 Å². The molecule has 1 aromatic rings. The SMILES string of the molecule is Cc1c2n(c(=O)[nH]c1=O)CCS2. The number of nitrogens with zero attached hydrogens (tertiary/aromatic N) is 1. The van der Waals surface area contributed by atoms with Crippen molar-refractivity contribution < 1.29 is 0 Å². The molecule has 0 bridgehead atoms. The van der Waals surface area contributed by atoms with Crippen LogP contribution >= 0.6 is 11.8 Å². The van der Waals surface area contributed by atoms with Crippen LogP contribution in [-0.4, -0.2) is 15.3 Å². The number of aromatic amines is 1. The molecule has 0 spiro atoms. The predicted octanol–water partition coefficient (Wildman–Crippen LogP) is -0.0493. The van der Waals surface area contributed by atoms with E-state index in [2.05, 4.69) is 4.98 Å². The van der Waals surface area contributed by atoms with Crippen molar-refractivity contribution in [1.29, 1.82) is 0 Å². The van der Waals surface area contributed by atoms with Crippen LogP contribution in [0.1, 0.15) is 5.56 Å². The Morgan fingerprint density at radius 2 is 2.25 bits per heavy atom. The van der Waals surface area contributed by atoms with Gasteiger partial charge < -0.3 is 0 Å². The summed E-state index contributed by atoms with van der Waals surface area (Å²) in [5.41, 5.74) is 0.100. The van der Waals surface area contributed by atoms with Crippen LogP contribution in [0.5, 0.6) is 0 Å².